The molecule has 1 aromatic heterocycles. The van der Waals surface area contributed by atoms with Gasteiger partial charge in [-0.2, -0.15) is 10.2 Å². The maximum atomic E-state index is 12.2. The monoisotopic (exact) mass is 247 g/mol. The first-order valence-electron chi connectivity index (χ1n) is 6.31. The lowest BCUT2D eigenvalue weighted by atomic mass is 9.81. The molecule has 1 N–H and O–H groups in total. The lowest BCUT2D eigenvalue weighted by Gasteiger charge is -2.22. The number of oxazole rings is 1. The third-order valence-corrected chi connectivity index (χ3v) is 3.45. The molecule has 1 heterocycles. The Morgan fingerprint density at radius 2 is 2.11 bits per heavy atom. The Bertz CT molecular complexity index is 465. The number of amides is 1. The quantitative estimate of drug-likeness (QED) is 0.815. The highest BCUT2D eigenvalue weighted by Gasteiger charge is 2.39. The number of nitriles is 1. The Hall–Kier alpha value is -1.83. The zero-order valence-corrected chi connectivity index (χ0v) is 10.5. The summed E-state index contributed by atoms with van der Waals surface area (Å²) in [4.78, 5) is 16.3. The van der Waals surface area contributed by atoms with E-state index in [9.17, 15) is 10.1 Å². The van der Waals surface area contributed by atoms with E-state index in [2.05, 4.69) is 16.4 Å². The van der Waals surface area contributed by atoms with Crippen molar-refractivity contribution < 1.29 is 9.21 Å². The van der Waals surface area contributed by atoms with Crippen molar-refractivity contribution in [2.24, 2.45) is 5.41 Å². The molecule has 0 bridgehead atoms. The molecule has 0 unspecified atom stereocenters. The van der Waals surface area contributed by atoms with E-state index in [1.807, 2.05) is 0 Å². The van der Waals surface area contributed by atoms with Gasteiger partial charge in [0.05, 0.1) is 11.8 Å². The summed E-state index contributed by atoms with van der Waals surface area (Å²) in [6.07, 6.45) is 6.74. The fourth-order valence-corrected chi connectivity index (χ4v) is 2.35. The molecule has 1 aliphatic rings. The van der Waals surface area contributed by atoms with Gasteiger partial charge in [0.15, 0.2) is 0 Å². The van der Waals surface area contributed by atoms with Crippen LogP contribution in [0.1, 0.15) is 44.2 Å². The van der Waals surface area contributed by atoms with Gasteiger partial charge in [0.1, 0.15) is 11.7 Å². The molecule has 0 saturated heterocycles. The van der Waals surface area contributed by atoms with Gasteiger partial charge in [-0.15, -0.1) is 0 Å². The Balaban J connectivity index is 2.12. The maximum absolute atomic E-state index is 12.2. The standard InChI is InChI=1S/C13H17N3O2/c1-10-8-18-12(15-10)16-11(17)13(9-14)6-4-2-3-5-7-13/h8H,2-7H2,1H3,(H,15,16,17). The smallest absolute Gasteiger partial charge is 0.301 e. The van der Waals surface area contributed by atoms with Gasteiger partial charge in [0, 0.05) is 0 Å². The van der Waals surface area contributed by atoms with Crippen LogP contribution in [-0.2, 0) is 4.79 Å². The SMILES string of the molecule is Cc1coc(NC(=O)C2(C#N)CCCCCC2)n1. The molecule has 0 aromatic carbocycles. The van der Waals surface area contributed by atoms with Crippen molar-refractivity contribution in [3.8, 4) is 6.07 Å². The largest absolute Gasteiger partial charge is 0.432 e. The molecule has 1 aromatic rings. The van der Waals surface area contributed by atoms with Crippen LogP contribution in [-0.4, -0.2) is 10.9 Å². The van der Waals surface area contributed by atoms with Gasteiger partial charge >= 0.3 is 6.01 Å². The fourth-order valence-electron chi connectivity index (χ4n) is 2.35. The number of hydrogen-bond donors (Lipinski definition) is 1. The minimum absolute atomic E-state index is 0.177. The van der Waals surface area contributed by atoms with Crippen molar-refractivity contribution in [2.75, 3.05) is 5.32 Å². The first kappa shape index (κ1) is 12.6. The van der Waals surface area contributed by atoms with E-state index in [1.54, 1.807) is 6.92 Å². The van der Waals surface area contributed by atoms with Crippen LogP contribution in [0.15, 0.2) is 10.7 Å². The zero-order chi connectivity index (χ0) is 13.0. The molecule has 0 spiro atoms. The number of aryl methyl sites for hydroxylation is 1. The summed E-state index contributed by atoms with van der Waals surface area (Å²) in [7, 11) is 0. The van der Waals surface area contributed by atoms with Crippen molar-refractivity contribution >= 4 is 11.9 Å². The number of carbonyl (C=O) groups excluding carboxylic acids is 1. The first-order chi connectivity index (χ1) is 8.66. The lowest BCUT2D eigenvalue weighted by Crippen LogP contribution is -2.34. The van der Waals surface area contributed by atoms with Crippen molar-refractivity contribution in [3.63, 3.8) is 0 Å². The second kappa shape index (κ2) is 5.21. The van der Waals surface area contributed by atoms with E-state index >= 15 is 0 Å². The van der Waals surface area contributed by atoms with Gasteiger partial charge in [-0.1, -0.05) is 25.7 Å². The Morgan fingerprint density at radius 3 is 2.61 bits per heavy atom. The van der Waals surface area contributed by atoms with Crippen LogP contribution < -0.4 is 5.32 Å². The molecule has 96 valence electrons. The zero-order valence-electron chi connectivity index (χ0n) is 10.5. The van der Waals surface area contributed by atoms with E-state index in [-0.39, 0.29) is 11.9 Å². The van der Waals surface area contributed by atoms with Gasteiger partial charge in [-0.05, 0) is 19.8 Å². The van der Waals surface area contributed by atoms with E-state index in [1.165, 1.54) is 6.26 Å². The van der Waals surface area contributed by atoms with Crippen molar-refractivity contribution in [3.05, 3.63) is 12.0 Å². The molecular weight excluding hydrogens is 230 g/mol. The van der Waals surface area contributed by atoms with Crippen molar-refractivity contribution in [1.29, 1.82) is 5.26 Å². The number of anilines is 1. The Labute approximate surface area is 106 Å². The number of rotatable bonds is 2. The number of aromatic nitrogens is 1. The van der Waals surface area contributed by atoms with E-state index in [4.69, 9.17) is 4.42 Å². The predicted molar refractivity (Wildman–Crippen MR) is 65.6 cm³/mol. The van der Waals surface area contributed by atoms with E-state index < -0.39 is 5.41 Å². The minimum atomic E-state index is -0.918. The van der Waals surface area contributed by atoms with Gasteiger partial charge < -0.3 is 4.42 Å². The number of nitrogens with zero attached hydrogens (tertiary/aromatic N) is 2. The van der Waals surface area contributed by atoms with Gasteiger partial charge in [0.25, 0.3) is 0 Å². The molecule has 5 heteroatoms. The molecule has 0 aliphatic heterocycles. The topological polar surface area (TPSA) is 78.9 Å². The summed E-state index contributed by atoms with van der Waals surface area (Å²) in [6, 6.07) is 2.38. The minimum Gasteiger partial charge on any atom is -0.432 e. The molecule has 2 rings (SSSR count). The third kappa shape index (κ3) is 2.53. The highest BCUT2D eigenvalue weighted by Crippen LogP contribution is 2.35. The Morgan fingerprint density at radius 1 is 1.44 bits per heavy atom. The lowest BCUT2D eigenvalue weighted by molar-refractivity contribution is -0.123. The van der Waals surface area contributed by atoms with Crippen LogP contribution in [0.25, 0.3) is 0 Å². The van der Waals surface area contributed by atoms with Gasteiger partial charge in [0.2, 0.25) is 5.91 Å². The highest BCUT2D eigenvalue weighted by molar-refractivity contribution is 5.95. The van der Waals surface area contributed by atoms with E-state index in [0.717, 1.165) is 25.7 Å². The number of carbonyl (C=O) groups is 1. The summed E-state index contributed by atoms with van der Waals surface area (Å²) in [6.45, 7) is 1.78. The average Bonchev–Trinajstić information content (AvgIpc) is 2.65. The van der Waals surface area contributed by atoms with Gasteiger partial charge in [-0.25, -0.2) is 0 Å². The van der Waals surface area contributed by atoms with Crippen LogP contribution in [0.5, 0.6) is 0 Å². The van der Waals surface area contributed by atoms with E-state index in [0.29, 0.717) is 18.5 Å². The molecule has 5 nitrogen and oxygen atoms in total. The van der Waals surface area contributed by atoms with Crippen molar-refractivity contribution in [2.45, 2.75) is 45.4 Å². The maximum Gasteiger partial charge on any atom is 0.301 e. The molecular formula is C13H17N3O2. The summed E-state index contributed by atoms with van der Waals surface area (Å²) in [5.74, 6) is -0.284. The Kier molecular flexibility index (Phi) is 3.66. The summed E-state index contributed by atoms with van der Waals surface area (Å²) in [5, 5.41) is 12.0. The fraction of sp³-hybridized carbons (Fsp3) is 0.615. The van der Waals surface area contributed by atoms with Crippen LogP contribution in [0.3, 0.4) is 0 Å². The normalized spacial score (nSPS) is 18.7. The van der Waals surface area contributed by atoms with Crippen LogP contribution in [0.4, 0.5) is 6.01 Å². The first-order valence-corrected chi connectivity index (χ1v) is 6.31. The molecule has 1 amide bonds. The van der Waals surface area contributed by atoms with Crippen LogP contribution in [0.2, 0.25) is 0 Å². The molecule has 1 aliphatic carbocycles. The second-order valence-corrected chi connectivity index (χ2v) is 4.86. The third-order valence-electron chi connectivity index (χ3n) is 3.45. The highest BCUT2D eigenvalue weighted by atomic mass is 16.4. The summed E-state index contributed by atoms with van der Waals surface area (Å²) in [5.41, 5.74) is -0.212. The summed E-state index contributed by atoms with van der Waals surface area (Å²) < 4.78 is 5.09. The second-order valence-electron chi connectivity index (χ2n) is 4.86. The molecule has 1 fully saturated rings. The molecule has 0 atom stereocenters. The van der Waals surface area contributed by atoms with Gasteiger partial charge in [-0.3, -0.25) is 10.1 Å². The predicted octanol–water partition coefficient (Wildman–Crippen LogP) is 2.79. The average molecular weight is 247 g/mol. The van der Waals surface area contributed by atoms with Crippen LogP contribution >= 0.6 is 0 Å². The summed E-state index contributed by atoms with van der Waals surface area (Å²) >= 11 is 0. The molecule has 0 radical (unpaired) electrons. The molecule has 18 heavy (non-hydrogen) atoms. The van der Waals surface area contributed by atoms with Crippen LogP contribution in [0, 0.1) is 23.7 Å². The van der Waals surface area contributed by atoms with Crippen molar-refractivity contribution in [1.82, 2.24) is 4.98 Å². The number of hydrogen-bond acceptors (Lipinski definition) is 4. The molecule has 1 saturated carbocycles. The number of nitrogens with one attached hydrogen (secondary N) is 1.